The average Bonchev–Trinajstić information content (AvgIpc) is 2.61. The highest BCUT2D eigenvalue weighted by Crippen LogP contribution is 2.51. The lowest BCUT2D eigenvalue weighted by molar-refractivity contribution is 0.111. The number of hydrogen-bond acceptors (Lipinski definition) is 3. The van der Waals surface area contributed by atoms with Gasteiger partial charge in [-0.1, -0.05) is 36.4 Å². The third-order valence-corrected chi connectivity index (χ3v) is 4.88. The number of methoxy groups -OCH3 is 1. The van der Waals surface area contributed by atoms with Crippen LogP contribution in [0.2, 0.25) is 0 Å². The number of fused-ring (bicyclic) bond motifs is 2. The second-order valence-electron chi connectivity index (χ2n) is 6.44. The van der Waals surface area contributed by atoms with Crippen molar-refractivity contribution in [3.8, 4) is 17.2 Å². The van der Waals surface area contributed by atoms with E-state index in [2.05, 4.69) is 0 Å². The quantitative estimate of drug-likeness (QED) is 0.739. The lowest BCUT2D eigenvalue weighted by Gasteiger charge is -2.38. The predicted molar refractivity (Wildman–Crippen MR) is 97.5 cm³/mol. The summed E-state index contributed by atoms with van der Waals surface area (Å²) in [6, 6.07) is 19.2. The molecule has 1 N–H and O–H groups in total. The molecule has 3 heteroatoms. The van der Waals surface area contributed by atoms with Crippen molar-refractivity contribution >= 4 is 0 Å². The molecule has 0 spiro atoms. The maximum Gasteiger partial charge on any atom is 0.148 e. The number of para-hydroxylation sites is 2. The molecule has 0 aromatic heterocycles. The Morgan fingerprint density at radius 3 is 1.80 bits per heavy atom. The van der Waals surface area contributed by atoms with E-state index in [1.165, 1.54) is 0 Å². The highest BCUT2D eigenvalue weighted by Gasteiger charge is 2.43. The number of ether oxygens (including phenoxy) is 2. The average molecular weight is 332 g/mol. The molecule has 0 unspecified atom stereocenters. The summed E-state index contributed by atoms with van der Waals surface area (Å²) in [6.45, 7) is 4.01. The Balaban J connectivity index is 2.08. The van der Waals surface area contributed by atoms with Crippen LogP contribution in [-0.4, -0.2) is 12.2 Å². The molecule has 0 saturated heterocycles. The van der Waals surface area contributed by atoms with E-state index >= 15 is 0 Å². The number of hydrogen-bond donors (Lipinski definition) is 1. The Morgan fingerprint density at radius 2 is 1.32 bits per heavy atom. The van der Waals surface area contributed by atoms with Crippen LogP contribution in [0, 0.1) is 13.8 Å². The van der Waals surface area contributed by atoms with Crippen molar-refractivity contribution in [2.75, 3.05) is 7.11 Å². The minimum absolute atomic E-state index is 0.679. The standard InChI is InChI=1S/C22H20O3/c1-14-12-16(24-3)13-15(2)21(14)22(23)17-8-4-6-10-19(17)25-20-11-7-5-9-18(20)22/h4-13,23H,1-3H3. The molecule has 0 radical (unpaired) electrons. The van der Waals surface area contributed by atoms with Crippen molar-refractivity contribution in [2.45, 2.75) is 19.4 Å². The van der Waals surface area contributed by atoms with E-state index in [0.29, 0.717) is 11.5 Å². The van der Waals surface area contributed by atoms with Crippen molar-refractivity contribution in [1.29, 1.82) is 0 Å². The van der Waals surface area contributed by atoms with Gasteiger partial charge in [-0.2, -0.15) is 0 Å². The van der Waals surface area contributed by atoms with Crippen LogP contribution < -0.4 is 9.47 Å². The van der Waals surface area contributed by atoms with Gasteiger partial charge in [-0.25, -0.2) is 0 Å². The van der Waals surface area contributed by atoms with E-state index in [0.717, 1.165) is 33.6 Å². The molecule has 126 valence electrons. The van der Waals surface area contributed by atoms with Gasteiger partial charge < -0.3 is 14.6 Å². The zero-order valence-corrected chi connectivity index (χ0v) is 14.5. The van der Waals surface area contributed by atoms with Gasteiger partial charge in [-0.05, 0) is 54.8 Å². The number of benzene rings is 3. The fourth-order valence-electron chi connectivity index (χ4n) is 3.85. The first-order valence-corrected chi connectivity index (χ1v) is 8.30. The Kier molecular flexibility index (Phi) is 3.55. The van der Waals surface area contributed by atoms with Crippen LogP contribution in [0.4, 0.5) is 0 Å². The van der Waals surface area contributed by atoms with Crippen LogP contribution in [0.1, 0.15) is 27.8 Å². The first-order valence-electron chi connectivity index (χ1n) is 8.30. The van der Waals surface area contributed by atoms with E-state index < -0.39 is 5.60 Å². The molecule has 0 fully saturated rings. The van der Waals surface area contributed by atoms with E-state index in [1.54, 1.807) is 7.11 Å². The number of aliphatic hydroxyl groups is 1. The summed E-state index contributed by atoms with van der Waals surface area (Å²) in [5, 5.41) is 12.1. The molecule has 0 saturated carbocycles. The minimum Gasteiger partial charge on any atom is -0.497 e. The minimum atomic E-state index is -1.27. The van der Waals surface area contributed by atoms with E-state index in [4.69, 9.17) is 9.47 Å². The molecule has 4 rings (SSSR count). The highest BCUT2D eigenvalue weighted by molar-refractivity contribution is 5.63. The maximum absolute atomic E-state index is 12.1. The van der Waals surface area contributed by atoms with Crippen molar-refractivity contribution in [2.24, 2.45) is 0 Å². The first-order chi connectivity index (χ1) is 12.1. The zero-order chi connectivity index (χ0) is 17.6. The fourth-order valence-corrected chi connectivity index (χ4v) is 3.85. The largest absolute Gasteiger partial charge is 0.497 e. The van der Waals surface area contributed by atoms with Gasteiger partial charge in [0.15, 0.2) is 0 Å². The van der Waals surface area contributed by atoms with Crippen LogP contribution >= 0.6 is 0 Å². The molecule has 3 nitrogen and oxygen atoms in total. The summed E-state index contributed by atoms with van der Waals surface area (Å²) in [4.78, 5) is 0. The van der Waals surface area contributed by atoms with Gasteiger partial charge in [0.2, 0.25) is 0 Å². The van der Waals surface area contributed by atoms with E-state index in [-0.39, 0.29) is 0 Å². The van der Waals surface area contributed by atoms with Gasteiger partial charge in [-0.15, -0.1) is 0 Å². The van der Waals surface area contributed by atoms with Gasteiger partial charge in [0.05, 0.1) is 7.11 Å². The monoisotopic (exact) mass is 332 g/mol. The summed E-state index contributed by atoms with van der Waals surface area (Å²) in [7, 11) is 1.65. The zero-order valence-electron chi connectivity index (χ0n) is 14.5. The second kappa shape index (κ2) is 5.64. The molecule has 3 aromatic carbocycles. The van der Waals surface area contributed by atoms with Crippen LogP contribution in [0.25, 0.3) is 0 Å². The van der Waals surface area contributed by atoms with Gasteiger partial charge >= 0.3 is 0 Å². The van der Waals surface area contributed by atoms with Crippen molar-refractivity contribution in [3.05, 3.63) is 88.5 Å². The van der Waals surface area contributed by atoms with Crippen molar-refractivity contribution < 1.29 is 14.6 Å². The van der Waals surface area contributed by atoms with Gasteiger partial charge in [-0.3, -0.25) is 0 Å². The summed E-state index contributed by atoms with van der Waals surface area (Å²) in [6.07, 6.45) is 0. The predicted octanol–water partition coefficient (Wildman–Crippen LogP) is 4.70. The first kappa shape index (κ1) is 15.7. The Bertz CT molecular complexity index is 890. The third-order valence-electron chi connectivity index (χ3n) is 4.88. The molecule has 1 aliphatic heterocycles. The number of aryl methyl sites for hydroxylation is 2. The molecule has 1 heterocycles. The highest BCUT2D eigenvalue weighted by atomic mass is 16.5. The summed E-state index contributed by atoms with van der Waals surface area (Å²) >= 11 is 0. The molecule has 0 amide bonds. The fraction of sp³-hybridized carbons (Fsp3) is 0.182. The third kappa shape index (κ3) is 2.24. The lowest BCUT2D eigenvalue weighted by atomic mass is 9.75. The molecule has 25 heavy (non-hydrogen) atoms. The molecule has 3 aromatic rings. The summed E-state index contributed by atoms with van der Waals surface area (Å²) in [5.41, 5.74) is 3.06. The van der Waals surface area contributed by atoms with E-state index in [1.807, 2.05) is 74.5 Å². The maximum atomic E-state index is 12.1. The molecule has 0 aliphatic carbocycles. The Labute approximate surface area is 147 Å². The van der Waals surface area contributed by atoms with E-state index in [9.17, 15) is 5.11 Å². The smallest absolute Gasteiger partial charge is 0.148 e. The van der Waals surface area contributed by atoms with Crippen LogP contribution in [-0.2, 0) is 5.60 Å². The van der Waals surface area contributed by atoms with Crippen molar-refractivity contribution in [1.82, 2.24) is 0 Å². The molecule has 0 bridgehead atoms. The molecule has 1 aliphatic rings. The molecular formula is C22H20O3. The normalized spacial score (nSPS) is 14.2. The topological polar surface area (TPSA) is 38.7 Å². The molecular weight excluding hydrogens is 312 g/mol. The van der Waals surface area contributed by atoms with Crippen LogP contribution in [0.3, 0.4) is 0 Å². The SMILES string of the molecule is COc1cc(C)c(C2(O)c3ccccc3Oc3ccccc32)c(C)c1. The van der Waals surface area contributed by atoms with Crippen LogP contribution in [0.5, 0.6) is 17.2 Å². The second-order valence-corrected chi connectivity index (χ2v) is 6.44. The van der Waals surface area contributed by atoms with Crippen molar-refractivity contribution in [3.63, 3.8) is 0 Å². The number of rotatable bonds is 2. The Morgan fingerprint density at radius 1 is 0.840 bits per heavy atom. The molecule has 0 atom stereocenters. The van der Waals surface area contributed by atoms with Crippen LogP contribution in [0.15, 0.2) is 60.7 Å². The lowest BCUT2D eigenvalue weighted by Crippen LogP contribution is -2.34. The van der Waals surface area contributed by atoms with Gasteiger partial charge in [0.1, 0.15) is 22.8 Å². The Hall–Kier alpha value is -2.78. The van der Waals surface area contributed by atoms with Gasteiger partial charge in [0.25, 0.3) is 0 Å². The summed E-state index contributed by atoms with van der Waals surface area (Å²) in [5.74, 6) is 2.15. The summed E-state index contributed by atoms with van der Waals surface area (Å²) < 4.78 is 11.4. The van der Waals surface area contributed by atoms with Gasteiger partial charge in [0, 0.05) is 11.1 Å².